The van der Waals surface area contributed by atoms with Crippen molar-refractivity contribution in [3.8, 4) is 11.5 Å². The highest BCUT2D eigenvalue weighted by molar-refractivity contribution is 5.61. The molecule has 7 heteroatoms. The summed E-state index contributed by atoms with van der Waals surface area (Å²) in [4.78, 5) is 12.2. The summed E-state index contributed by atoms with van der Waals surface area (Å²) in [5, 5.41) is 11.0. The Bertz CT molecular complexity index is 794. The number of hydrogen-bond donors (Lipinski definition) is 0. The Hall–Kier alpha value is -2.83. The van der Waals surface area contributed by atoms with E-state index in [1.165, 1.54) is 13.2 Å². The minimum atomic E-state index is -0.651. The van der Waals surface area contributed by atoms with E-state index in [0.717, 1.165) is 22.9 Å². The smallest absolute Gasteiger partial charge is 0.313 e. The first kappa shape index (κ1) is 16.0. The van der Waals surface area contributed by atoms with Crippen LogP contribution >= 0.6 is 0 Å². The highest BCUT2D eigenvalue weighted by atomic mass is 19.1. The summed E-state index contributed by atoms with van der Waals surface area (Å²) in [6, 6.07) is 8.08. The molecule has 0 saturated carbocycles. The van der Waals surface area contributed by atoms with Gasteiger partial charge in [-0.3, -0.25) is 10.1 Å². The van der Waals surface area contributed by atoms with Crippen molar-refractivity contribution < 1.29 is 18.8 Å². The fourth-order valence-corrected chi connectivity index (χ4v) is 3.05. The molecule has 2 aromatic rings. The zero-order chi connectivity index (χ0) is 17.3. The van der Waals surface area contributed by atoms with Crippen molar-refractivity contribution in [2.45, 2.75) is 13.0 Å². The molecular formula is C17H17FN2O4. The minimum absolute atomic E-state index is 0.0489. The molecular weight excluding hydrogens is 315 g/mol. The van der Waals surface area contributed by atoms with Crippen LogP contribution in [0.1, 0.15) is 11.1 Å². The van der Waals surface area contributed by atoms with Gasteiger partial charge in [-0.25, -0.2) is 4.39 Å². The van der Waals surface area contributed by atoms with Gasteiger partial charge in [0.2, 0.25) is 0 Å². The third-order valence-electron chi connectivity index (χ3n) is 4.23. The van der Waals surface area contributed by atoms with Gasteiger partial charge < -0.3 is 14.4 Å². The van der Waals surface area contributed by atoms with Crippen LogP contribution in [0.5, 0.6) is 11.5 Å². The van der Waals surface area contributed by atoms with Gasteiger partial charge in [-0.1, -0.05) is 12.1 Å². The third-order valence-corrected chi connectivity index (χ3v) is 4.23. The van der Waals surface area contributed by atoms with E-state index in [9.17, 15) is 14.5 Å². The lowest BCUT2D eigenvalue weighted by Crippen LogP contribution is -2.31. The maximum absolute atomic E-state index is 14.4. The van der Waals surface area contributed by atoms with Gasteiger partial charge in [0.15, 0.2) is 11.6 Å². The van der Waals surface area contributed by atoms with Crippen molar-refractivity contribution >= 4 is 11.4 Å². The maximum atomic E-state index is 14.4. The number of anilines is 1. The van der Waals surface area contributed by atoms with E-state index >= 15 is 0 Å². The molecule has 3 rings (SSSR count). The van der Waals surface area contributed by atoms with Crippen LogP contribution in [0.15, 0.2) is 30.3 Å². The number of benzene rings is 2. The number of methoxy groups -OCH3 is 2. The zero-order valence-corrected chi connectivity index (χ0v) is 13.4. The Balaban J connectivity index is 1.97. The molecule has 6 nitrogen and oxygen atoms in total. The molecule has 126 valence electrons. The third kappa shape index (κ3) is 2.73. The van der Waals surface area contributed by atoms with Crippen LogP contribution in [0.4, 0.5) is 15.8 Å². The Morgan fingerprint density at radius 3 is 2.62 bits per heavy atom. The standard InChI is InChI=1S/C17H17FN2O4/c1-23-16-5-3-4-11-10-19(7-6-12(11)16)14-9-17(24-2)15(20(21)22)8-13(14)18/h3-5,8-9H,6-7,10H2,1-2H3. The van der Waals surface area contributed by atoms with Crippen molar-refractivity contribution in [2.75, 3.05) is 25.7 Å². The van der Waals surface area contributed by atoms with Crippen molar-refractivity contribution in [1.82, 2.24) is 0 Å². The van der Waals surface area contributed by atoms with Crippen LogP contribution in [0.25, 0.3) is 0 Å². The fraction of sp³-hybridized carbons (Fsp3) is 0.294. The molecule has 0 spiro atoms. The summed E-state index contributed by atoms with van der Waals surface area (Å²) in [5.41, 5.74) is 2.09. The van der Waals surface area contributed by atoms with Gasteiger partial charge in [-0.15, -0.1) is 0 Å². The topological polar surface area (TPSA) is 64.8 Å². The number of hydrogen-bond acceptors (Lipinski definition) is 5. The summed E-state index contributed by atoms with van der Waals surface area (Å²) in [6.45, 7) is 1.09. The molecule has 2 aromatic carbocycles. The molecule has 0 unspecified atom stereocenters. The maximum Gasteiger partial charge on any atom is 0.313 e. The molecule has 1 heterocycles. The molecule has 0 bridgehead atoms. The lowest BCUT2D eigenvalue weighted by atomic mass is 9.98. The highest BCUT2D eigenvalue weighted by Crippen LogP contribution is 2.37. The first-order chi connectivity index (χ1) is 11.5. The van der Waals surface area contributed by atoms with Crippen molar-refractivity contribution in [1.29, 1.82) is 0 Å². The molecule has 0 atom stereocenters. The van der Waals surface area contributed by atoms with E-state index < -0.39 is 10.7 Å². The minimum Gasteiger partial charge on any atom is -0.496 e. The number of rotatable bonds is 4. The SMILES string of the molecule is COc1cc(N2CCc3c(cccc3OC)C2)c(F)cc1[N+](=O)[O-]. The summed E-state index contributed by atoms with van der Waals surface area (Å²) >= 11 is 0. The van der Waals surface area contributed by atoms with Gasteiger partial charge >= 0.3 is 5.69 Å². The molecule has 24 heavy (non-hydrogen) atoms. The van der Waals surface area contributed by atoms with Crippen molar-refractivity contribution in [3.05, 3.63) is 57.4 Å². The molecule has 0 aromatic heterocycles. The van der Waals surface area contributed by atoms with Crippen LogP contribution in [0, 0.1) is 15.9 Å². The molecule has 0 saturated heterocycles. The molecule has 0 radical (unpaired) electrons. The van der Waals surface area contributed by atoms with E-state index in [4.69, 9.17) is 9.47 Å². The van der Waals surface area contributed by atoms with Gasteiger partial charge in [0.1, 0.15) is 5.75 Å². The zero-order valence-electron chi connectivity index (χ0n) is 13.4. The van der Waals surface area contributed by atoms with Gasteiger partial charge in [0, 0.05) is 24.7 Å². The van der Waals surface area contributed by atoms with E-state index in [2.05, 4.69) is 0 Å². The van der Waals surface area contributed by atoms with E-state index in [0.29, 0.717) is 25.2 Å². The molecule has 0 fully saturated rings. The van der Waals surface area contributed by atoms with E-state index in [1.807, 2.05) is 23.1 Å². The summed E-state index contributed by atoms with van der Waals surface area (Å²) in [5.74, 6) is 0.246. The second kappa shape index (κ2) is 6.35. The quantitative estimate of drug-likeness (QED) is 0.635. The molecule has 0 N–H and O–H groups in total. The molecule has 0 amide bonds. The van der Waals surface area contributed by atoms with Gasteiger partial charge in [0.25, 0.3) is 0 Å². The number of fused-ring (bicyclic) bond motifs is 1. The number of ether oxygens (including phenoxy) is 2. The fourth-order valence-electron chi connectivity index (χ4n) is 3.05. The number of nitrogens with zero attached hydrogens (tertiary/aromatic N) is 2. The van der Waals surface area contributed by atoms with Crippen LogP contribution in [-0.4, -0.2) is 25.7 Å². The Morgan fingerprint density at radius 2 is 1.96 bits per heavy atom. The Kier molecular flexibility index (Phi) is 4.24. The van der Waals surface area contributed by atoms with Gasteiger partial charge in [-0.05, 0) is 18.1 Å². The first-order valence-electron chi connectivity index (χ1n) is 7.46. The molecule has 1 aliphatic heterocycles. The second-order valence-electron chi connectivity index (χ2n) is 5.50. The predicted molar refractivity (Wildman–Crippen MR) is 87.4 cm³/mol. The summed E-state index contributed by atoms with van der Waals surface area (Å²) in [6.07, 6.45) is 0.706. The summed E-state index contributed by atoms with van der Waals surface area (Å²) < 4.78 is 24.8. The van der Waals surface area contributed by atoms with Crippen LogP contribution in [0.3, 0.4) is 0 Å². The predicted octanol–water partition coefficient (Wildman–Crippen LogP) is 3.31. The van der Waals surface area contributed by atoms with Crippen LogP contribution in [0.2, 0.25) is 0 Å². The monoisotopic (exact) mass is 332 g/mol. The lowest BCUT2D eigenvalue weighted by Gasteiger charge is -2.31. The van der Waals surface area contributed by atoms with E-state index in [1.54, 1.807) is 7.11 Å². The summed E-state index contributed by atoms with van der Waals surface area (Å²) in [7, 11) is 2.96. The normalized spacial score (nSPS) is 13.4. The number of halogens is 1. The van der Waals surface area contributed by atoms with Crippen LogP contribution in [-0.2, 0) is 13.0 Å². The van der Waals surface area contributed by atoms with Gasteiger partial charge in [0.05, 0.1) is 30.9 Å². The first-order valence-corrected chi connectivity index (χ1v) is 7.46. The van der Waals surface area contributed by atoms with Gasteiger partial charge in [-0.2, -0.15) is 0 Å². The van der Waals surface area contributed by atoms with Crippen molar-refractivity contribution in [2.24, 2.45) is 0 Å². The average molecular weight is 332 g/mol. The Morgan fingerprint density at radius 1 is 1.21 bits per heavy atom. The molecule has 0 aliphatic carbocycles. The molecule has 1 aliphatic rings. The highest BCUT2D eigenvalue weighted by Gasteiger charge is 2.25. The lowest BCUT2D eigenvalue weighted by molar-refractivity contribution is -0.385. The average Bonchev–Trinajstić information content (AvgIpc) is 2.60. The van der Waals surface area contributed by atoms with Crippen LogP contribution < -0.4 is 14.4 Å². The van der Waals surface area contributed by atoms with Crippen molar-refractivity contribution in [3.63, 3.8) is 0 Å². The van der Waals surface area contributed by atoms with E-state index in [-0.39, 0.29) is 11.4 Å². The largest absolute Gasteiger partial charge is 0.496 e. The number of nitro groups is 1. The number of nitro benzene ring substituents is 1. The Labute approximate surface area is 138 Å². The second-order valence-corrected chi connectivity index (χ2v) is 5.50.